The zero-order valence-corrected chi connectivity index (χ0v) is 23.5. The summed E-state index contributed by atoms with van der Waals surface area (Å²) in [7, 11) is 3.72. The molecule has 8 rings (SSSR count). The number of nitrogens with zero attached hydrogens (tertiary/aromatic N) is 6. The maximum absolute atomic E-state index is 13.5. The molecule has 10 nitrogen and oxygen atoms in total. The fourth-order valence-corrected chi connectivity index (χ4v) is 6.39. The summed E-state index contributed by atoms with van der Waals surface area (Å²) in [6, 6.07) is 16.6. The topological polar surface area (TPSA) is 98.8 Å². The van der Waals surface area contributed by atoms with Gasteiger partial charge in [0.2, 0.25) is 0 Å². The van der Waals surface area contributed by atoms with E-state index in [2.05, 4.69) is 50.3 Å². The van der Waals surface area contributed by atoms with Crippen LogP contribution < -0.4 is 10.2 Å². The Morgan fingerprint density at radius 2 is 2.05 bits per heavy atom. The average molecular weight is 562 g/mol. The first-order chi connectivity index (χ1) is 20.6. The predicted molar refractivity (Wildman–Crippen MR) is 158 cm³/mol. The van der Waals surface area contributed by atoms with Crippen molar-refractivity contribution in [1.82, 2.24) is 29.5 Å². The van der Waals surface area contributed by atoms with Gasteiger partial charge in [0, 0.05) is 56.0 Å². The van der Waals surface area contributed by atoms with E-state index >= 15 is 0 Å². The molecule has 42 heavy (non-hydrogen) atoms. The average Bonchev–Trinajstić information content (AvgIpc) is 3.40. The molecule has 1 unspecified atom stereocenters. The molecule has 2 fully saturated rings. The molecule has 0 spiro atoms. The molecule has 1 aliphatic heterocycles. The van der Waals surface area contributed by atoms with Gasteiger partial charge in [-0.15, -0.1) is 0 Å². The van der Waals surface area contributed by atoms with E-state index in [-0.39, 0.29) is 24.1 Å². The predicted octanol–water partition coefficient (Wildman–Crippen LogP) is 4.37. The number of amides is 1. The number of rotatable bonds is 8. The van der Waals surface area contributed by atoms with Crippen LogP contribution in [-0.4, -0.2) is 63.0 Å². The van der Waals surface area contributed by atoms with Crippen LogP contribution in [0.5, 0.6) is 0 Å². The highest BCUT2D eigenvalue weighted by Crippen LogP contribution is 2.54. The lowest BCUT2D eigenvalue weighted by molar-refractivity contribution is 0.00732. The van der Waals surface area contributed by atoms with Gasteiger partial charge in [-0.05, 0) is 36.1 Å². The Morgan fingerprint density at radius 3 is 2.81 bits per heavy atom. The summed E-state index contributed by atoms with van der Waals surface area (Å²) >= 11 is 0. The van der Waals surface area contributed by atoms with E-state index in [9.17, 15) is 4.79 Å². The minimum Gasteiger partial charge on any atom is -0.500 e. The second-order valence-corrected chi connectivity index (χ2v) is 11.4. The van der Waals surface area contributed by atoms with E-state index in [1.54, 1.807) is 17.8 Å². The Kier molecular flexibility index (Phi) is 5.78. The molecule has 1 amide bonds. The third-order valence-corrected chi connectivity index (χ3v) is 8.88. The standard InChI is InChI=1S/C32H31N7O3/c1-37(15-19-7-4-3-5-8-19)28-13-26(35-31-21(14-34-39(28)31)32(40)36-25-10-11-27(25)41-2)22-16-38(29-23-17-42-18-24(23)29)30-20(22)9-6-12-33-30/h3-9,12-14,16-17,24-25,27,29H,10-11,15,18H2,1-2H3,(H,36,40)/t24-,25?,27-,29-/m0/s1. The lowest BCUT2D eigenvalue weighted by Gasteiger charge is -2.35. The van der Waals surface area contributed by atoms with Crippen molar-refractivity contribution in [3.05, 3.63) is 90.1 Å². The molecular formula is C32H31N7O3. The number of ether oxygens (including phenoxy) is 2. The fraction of sp³-hybridized carbons (Fsp3) is 0.312. The van der Waals surface area contributed by atoms with Gasteiger partial charge in [0.05, 0.1) is 42.9 Å². The van der Waals surface area contributed by atoms with Crippen LogP contribution in [0.15, 0.2) is 79.0 Å². The molecule has 3 aliphatic rings. The van der Waals surface area contributed by atoms with Crippen molar-refractivity contribution in [3.63, 3.8) is 0 Å². The van der Waals surface area contributed by atoms with Crippen molar-refractivity contribution in [1.29, 1.82) is 0 Å². The summed E-state index contributed by atoms with van der Waals surface area (Å²) < 4.78 is 15.0. The number of pyridine rings is 1. The third kappa shape index (κ3) is 3.97. The molecule has 4 aromatic heterocycles. The molecule has 1 aromatic carbocycles. The Balaban J connectivity index is 1.25. The van der Waals surface area contributed by atoms with Gasteiger partial charge in [-0.25, -0.2) is 9.97 Å². The molecule has 4 atom stereocenters. The molecule has 212 valence electrons. The molecule has 0 saturated heterocycles. The van der Waals surface area contributed by atoms with Crippen LogP contribution in [0.4, 0.5) is 5.82 Å². The van der Waals surface area contributed by atoms with Gasteiger partial charge in [0.1, 0.15) is 17.0 Å². The van der Waals surface area contributed by atoms with Gasteiger partial charge in [-0.2, -0.15) is 9.61 Å². The summed E-state index contributed by atoms with van der Waals surface area (Å²) in [5, 5.41) is 8.80. The molecular weight excluding hydrogens is 530 g/mol. The Bertz CT molecular complexity index is 1860. The zero-order chi connectivity index (χ0) is 28.4. The van der Waals surface area contributed by atoms with Crippen molar-refractivity contribution in [3.8, 4) is 11.3 Å². The van der Waals surface area contributed by atoms with E-state index in [1.165, 1.54) is 11.1 Å². The first kappa shape index (κ1) is 25.0. The molecule has 5 heterocycles. The minimum absolute atomic E-state index is 0.0128. The quantitative estimate of drug-likeness (QED) is 0.300. The molecule has 5 aromatic rings. The first-order valence-corrected chi connectivity index (χ1v) is 14.4. The maximum atomic E-state index is 13.5. The number of fused-ring (bicyclic) bond motifs is 3. The van der Waals surface area contributed by atoms with Gasteiger partial charge < -0.3 is 24.3 Å². The largest absolute Gasteiger partial charge is 0.500 e. The van der Waals surface area contributed by atoms with Crippen LogP contribution in [0.1, 0.15) is 34.8 Å². The SMILES string of the molecule is CO[C@H]1CCC1NC(=O)c1cnn2c(N(C)Cc3ccccc3)cc(-c3cn([C@H]4C5=COC[C@@H]54)c4ncccc34)nc12. The van der Waals surface area contributed by atoms with E-state index in [1.807, 2.05) is 43.8 Å². The van der Waals surface area contributed by atoms with Crippen molar-refractivity contribution < 1.29 is 14.3 Å². The molecule has 10 heteroatoms. The van der Waals surface area contributed by atoms with Gasteiger partial charge >= 0.3 is 0 Å². The van der Waals surface area contributed by atoms with Gasteiger partial charge in [0.15, 0.2) is 5.65 Å². The first-order valence-electron chi connectivity index (χ1n) is 14.4. The summed E-state index contributed by atoms with van der Waals surface area (Å²) in [4.78, 5) is 25.5. The summed E-state index contributed by atoms with van der Waals surface area (Å²) in [5.74, 6) is 1.03. The monoisotopic (exact) mass is 561 g/mol. The highest BCUT2D eigenvalue weighted by atomic mass is 16.5. The lowest BCUT2D eigenvalue weighted by Crippen LogP contribution is -2.51. The molecule has 2 aliphatic carbocycles. The number of benzene rings is 1. The second kappa shape index (κ2) is 9.70. The van der Waals surface area contributed by atoms with Crippen LogP contribution in [0, 0.1) is 5.92 Å². The van der Waals surface area contributed by atoms with Crippen LogP contribution in [-0.2, 0) is 16.0 Å². The number of hydrogen-bond acceptors (Lipinski definition) is 7. The minimum atomic E-state index is -0.195. The van der Waals surface area contributed by atoms with E-state index in [4.69, 9.17) is 19.4 Å². The van der Waals surface area contributed by atoms with Crippen molar-refractivity contribution >= 4 is 28.4 Å². The zero-order valence-electron chi connectivity index (χ0n) is 23.5. The van der Waals surface area contributed by atoms with Crippen molar-refractivity contribution in [2.45, 2.75) is 37.6 Å². The number of methoxy groups -OCH3 is 1. The highest BCUT2D eigenvalue weighted by Gasteiger charge is 2.50. The fourth-order valence-electron chi connectivity index (χ4n) is 6.39. The van der Waals surface area contributed by atoms with Crippen molar-refractivity contribution in [2.24, 2.45) is 5.92 Å². The number of hydrogen-bond donors (Lipinski definition) is 1. The van der Waals surface area contributed by atoms with E-state index < -0.39 is 0 Å². The third-order valence-electron chi connectivity index (χ3n) is 8.88. The van der Waals surface area contributed by atoms with Crippen LogP contribution in [0.3, 0.4) is 0 Å². The Morgan fingerprint density at radius 1 is 1.17 bits per heavy atom. The summed E-state index contributed by atoms with van der Waals surface area (Å²) in [6.07, 6.45) is 9.35. The van der Waals surface area contributed by atoms with Gasteiger partial charge in [-0.3, -0.25) is 4.79 Å². The summed E-state index contributed by atoms with van der Waals surface area (Å²) in [6.45, 7) is 1.37. The molecule has 0 radical (unpaired) electrons. The number of anilines is 1. The smallest absolute Gasteiger partial charge is 0.257 e. The van der Waals surface area contributed by atoms with Crippen LogP contribution in [0.25, 0.3) is 27.9 Å². The van der Waals surface area contributed by atoms with Gasteiger partial charge in [-0.1, -0.05) is 30.3 Å². The van der Waals surface area contributed by atoms with Crippen LogP contribution >= 0.6 is 0 Å². The van der Waals surface area contributed by atoms with Crippen LogP contribution in [0.2, 0.25) is 0 Å². The van der Waals surface area contributed by atoms with Gasteiger partial charge in [0.25, 0.3) is 5.91 Å². The Hall–Kier alpha value is -4.70. The number of carbonyl (C=O) groups excluding carboxylic acids is 1. The lowest BCUT2D eigenvalue weighted by atomic mass is 9.89. The van der Waals surface area contributed by atoms with E-state index in [0.717, 1.165) is 41.0 Å². The molecule has 1 N–H and O–H groups in total. The normalized spacial score (nSPS) is 22.4. The second-order valence-electron chi connectivity index (χ2n) is 11.4. The van der Waals surface area contributed by atoms with Crippen molar-refractivity contribution in [2.75, 3.05) is 25.7 Å². The molecule has 2 saturated carbocycles. The highest BCUT2D eigenvalue weighted by molar-refractivity contribution is 6.01. The number of carbonyl (C=O) groups is 1. The Labute approximate surface area is 242 Å². The number of aromatic nitrogens is 5. The number of nitrogens with one attached hydrogen (secondary N) is 1. The van der Waals surface area contributed by atoms with E-state index in [0.29, 0.717) is 30.3 Å². The molecule has 0 bridgehead atoms. The summed E-state index contributed by atoms with van der Waals surface area (Å²) in [5.41, 5.74) is 6.06. The maximum Gasteiger partial charge on any atom is 0.257 e.